The van der Waals surface area contributed by atoms with Crippen molar-refractivity contribution >= 4 is 11.8 Å². The van der Waals surface area contributed by atoms with E-state index in [2.05, 4.69) is 23.2 Å². The fourth-order valence-corrected chi connectivity index (χ4v) is 3.01. The lowest BCUT2D eigenvalue weighted by atomic mass is 10.1. The number of aryl methyl sites for hydroxylation is 2. The van der Waals surface area contributed by atoms with Gasteiger partial charge in [0, 0.05) is 24.4 Å². The van der Waals surface area contributed by atoms with Crippen LogP contribution >= 0.6 is 11.8 Å². The van der Waals surface area contributed by atoms with E-state index in [1.54, 1.807) is 18.9 Å². The Hall–Kier alpha value is -1.53. The van der Waals surface area contributed by atoms with Crippen molar-refractivity contribution in [2.75, 3.05) is 13.7 Å². The summed E-state index contributed by atoms with van der Waals surface area (Å²) in [6, 6.07) is 6.19. The van der Waals surface area contributed by atoms with Gasteiger partial charge in [-0.3, -0.25) is 0 Å². The summed E-state index contributed by atoms with van der Waals surface area (Å²) in [5.74, 6) is 2.60. The summed E-state index contributed by atoms with van der Waals surface area (Å²) in [7, 11) is 1.69. The van der Waals surface area contributed by atoms with Gasteiger partial charge < -0.3 is 15.0 Å². The normalized spacial score (nSPS) is 10.8. The van der Waals surface area contributed by atoms with Gasteiger partial charge in [-0.2, -0.15) is 0 Å². The second-order valence-electron chi connectivity index (χ2n) is 4.57. The maximum absolute atomic E-state index is 5.62. The zero-order valence-electron chi connectivity index (χ0n) is 12.1. The predicted molar refractivity (Wildman–Crippen MR) is 81.1 cm³/mol. The van der Waals surface area contributed by atoms with E-state index in [9.17, 15) is 0 Å². The molecule has 2 aromatic rings. The van der Waals surface area contributed by atoms with Crippen LogP contribution in [0.4, 0.5) is 0 Å². The van der Waals surface area contributed by atoms with Gasteiger partial charge in [0.05, 0.1) is 7.11 Å². The number of hydrogen-bond acceptors (Lipinski definition) is 5. The zero-order chi connectivity index (χ0) is 14.5. The van der Waals surface area contributed by atoms with Crippen LogP contribution in [0.25, 0.3) is 0 Å². The predicted octanol–water partition coefficient (Wildman–Crippen LogP) is 2.15. The van der Waals surface area contributed by atoms with E-state index in [-0.39, 0.29) is 0 Å². The van der Waals surface area contributed by atoms with Crippen LogP contribution in [-0.4, -0.2) is 28.4 Å². The third kappa shape index (κ3) is 3.32. The van der Waals surface area contributed by atoms with Gasteiger partial charge in [-0.05, 0) is 19.9 Å². The molecular weight excluding hydrogens is 272 g/mol. The molecule has 1 aromatic heterocycles. The number of methoxy groups -OCH3 is 1. The Morgan fingerprint density at radius 2 is 2.10 bits per heavy atom. The van der Waals surface area contributed by atoms with E-state index in [1.165, 1.54) is 5.56 Å². The van der Waals surface area contributed by atoms with E-state index in [0.717, 1.165) is 34.6 Å². The van der Waals surface area contributed by atoms with Crippen molar-refractivity contribution < 1.29 is 4.74 Å². The summed E-state index contributed by atoms with van der Waals surface area (Å²) in [5.41, 5.74) is 8.01. The van der Waals surface area contributed by atoms with Crippen molar-refractivity contribution in [1.29, 1.82) is 0 Å². The molecule has 0 saturated carbocycles. The maximum Gasteiger partial charge on any atom is 0.191 e. The number of rotatable bonds is 6. The summed E-state index contributed by atoms with van der Waals surface area (Å²) in [5, 5.41) is 9.22. The van der Waals surface area contributed by atoms with Crippen molar-refractivity contribution in [3.63, 3.8) is 0 Å². The first-order chi connectivity index (χ1) is 9.65. The van der Waals surface area contributed by atoms with Gasteiger partial charge in [-0.15, -0.1) is 10.2 Å². The first-order valence-electron chi connectivity index (χ1n) is 6.52. The van der Waals surface area contributed by atoms with Crippen LogP contribution in [0.3, 0.4) is 0 Å². The van der Waals surface area contributed by atoms with Crippen molar-refractivity contribution in [3.8, 4) is 5.75 Å². The molecule has 0 saturated heterocycles. The quantitative estimate of drug-likeness (QED) is 0.826. The van der Waals surface area contributed by atoms with Gasteiger partial charge >= 0.3 is 0 Å². The number of hydrogen-bond donors (Lipinski definition) is 1. The van der Waals surface area contributed by atoms with Crippen molar-refractivity contribution in [1.82, 2.24) is 14.8 Å². The Labute approximate surface area is 123 Å². The number of aromatic nitrogens is 3. The average molecular weight is 292 g/mol. The van der Waals surface area contributed by atoms with E-state index in [4.69, 9.17) is 10.5 Å². The Morgan fingerprint density at radius 3 is 2.80 bits per heavy atom. The molecule has 1 aromatic carbocycles. The molecule has 6 heteroatoms. The molecule has 0 atom stereocenters. The second kappa shape index (κ2) is 6.76. The van der Waals surface area contributed by atoms with Crippen LogP contribution in [0.2, 0.25) is 0 Å². The molecule has 0 aliphatic heterocycles. The summed E-state index contributed by atoms with van der Waals surface area (Å²) >= 11 is 1.65. The molecule has 1 heterocycles. The van der Waals surface area contributed by atoms with E-state index in [0.29, 0.717) is 6.54 Å². The minimum Gasteiger partial charge on any atom is -0.496 e. The lowest BCUT2D eigenvalue weighted by Crippen LogP contribution is -2.12. The summed E-state index contributed by atoms with van der Waals surface area (Å²) < 4.78 is 7.44. The molecule has 0 radical (unpaired) electrons. The van der Waals surface area contributed by atoms with Gasteiger partial charge in [0.15, 0.2) is 5.16 Å². The number of ether oxygens (including phenoxy) is 1. The smallest absolute Gasteiger partial charge is 0.191 e. The second-order valence-corrected chi connectivity index (χ2v) is 5.52. The molecule has 0 amide bonds. The maximum atomic E-state index is 5.62. The topological polar surface area (TPSA) is 66.0 Å². The van der Waals surface area contributed by atoms with E-state index >= 15 is 0 Å². The van der Waals surface area contributed by atoms with Gasteiger partial charge in [-0.25, -0.2) is 0 Å². The lowest BCUT2D eigenvalue weighted by Gasteiger charge is -2.10. The molecule has 2 rings (SSSR count). The highest BCUT2D eigenvalue weighted by atomic mass is 32.2. The molecule has 20 heavy (non-hydrogen) atoms. The molecule has 5 nitrogen and oxygen atoms in total. The zero-order valence-corrected chi connectivity index (χ0v) is 12.9. The standard InChI is InChI=1S/C14H20N4OS/c1-10-4-5-13(19-3)12(8-10)9-20-14-17-16-11(2)18(14)7-6-15/h4-5,8H,6-7,9,15H2,1-3H3. The molecule has 0 aliphatic carbocycles. The number of nitrogens with two attached hydrogens (primary N) is 1. The Kier molecular flexibility index (Phi) is 5.03. The van der Waals surface area contributed by atoms with E-state index < -0.39 is 0 Å². The monoisotopic (exact) mass is 292 g/mol. The van der Waals surface area contributed by atoms with Crippen LogP contribution in [0.15, 0.2) is 23.4 Å². The number of nitrogens with zero attached hydrogens (tertiary/aromatic N) is 3. The van der Waals surface area contributed by atoms with Crippen molar-refractivity contribution in [2.45, 2.75) is 31.3 Å². The SMILES string of the molecule is COc1ccc(C)cc1CSc1nnc(C)n1CCN. The summed E-state index contributed by atoms with van der Waals surface area (Å²) in [4.78, 5) is 0. The van der Waals surface area contributed by atoms with Gasteiger partial charge in [0.25, 0.3) is 0 Å². The van der Waals surface area contributed by atoms with Crippen LogP contribution < -0.4 is 10.5 Å². The van der Waals surface area contributed by atoms with Gasteiger partial charge in [0.2, 0.25) is 0 Å². The molecule has 0 aliphatic rings. The van der Waals surface area contributed by atoms with Crippen molar-refractivity contribution in [3.05, 3.63) is 35.2 Å². The van der Waals surface area contributed by atoms with Crippen LogP contribution in [0.5, 0.6) is 5.75 Å². The molecule has 0 fully saturated rings. The third-order valence-corrected chi connectivity index (χ3v) is 4.06. The number of thioether (sulfide) groups is 1. The minimum absolute atomic E-state index is 0.584. The summed E-state index contributed by atoms with van der Waals surface area (Å²) in [6.07, 6.45) is 0. The molecule has 2 N–H and O–H groups in total. The summed E-state index contributed by atoms with van der Waals surface area (Å²) in [6.45, 7) is 5.35. The molecule has 108 valence electrons. The molecule has 0 unspecified atom stereocenters. The van der Waals surface area contributed by atoms with Gasteiger partial charge in [0.1, 0.15) is 11.6 Å². The van der Waals surface area contributed by atoms with E-state index in [1.807, 2.05) is 23.6 Å². The fourth-order valence-electron chi connectivity index (χ4n) is 2.02. The fraction of sp³-hybridized carbons (Fsp3) is 0.429. The first kappa shape index (κ1) is 14.9. The Bertz CT molecular complexity index is 583. The van der Waals surface area contributed by atoms with Gasteiger partial charge in [-0.1, -0.05) is 29.5 Å². The Morgan fingerprint density at radius 1 is 1.30 bits per heavy atom. The number of benzene rings is 1. The third-order valence-electron chi connectivity index (χ3n) is 3.05. The Balaban J connectivity index is 2.14. The van der Waals surface area contributed by atoms with Crippen molar-refractivity contribution in [2.24, 2.45) is 5.73 Å². The molecular formula is C14H20N4OS. The van der Waals surface area contributed by atoms with Crippen LogP contribution in [0, 0.1) is 13.8 Å². The highest BCUT2D eigenvalue weighted by Gasteiger charge is 2.10. The van der Waals surface area contributed by atoms with Crippen LogP contribution in [0.1, 0.15) is 17.0 Å². The highest BCUT2D eigenvalue weighted by Crippen LogP contribution is 2.28. The largest absolute Gasteiger partial charge is 0.496 e. The lowest BCUT2D eigenvalue weighted by molar-refractivity contribution is 0.411. The highest BCUT2D eigenvalue weighted by molar-refractivity contribution is 7.98. The molecule has 0 bridgehead atoms. The van der Waals surface area contributed by atoms with Crippen LogP contribution in [-0.2, 0) is 12.3 Å². The minimum atomic E-state index is 0.584. The average Bonchev–Trinajstić information content (AvgIpc) is 2.78. The molecule has 0 spiro atoms. The first-order valence-corrected chi connectivity index (χ1v) is 7.50.